The zero-order valence-electron chi connectivity index (χ0n) is 10.8. The average molecular weight is 261 g/mol. The molecule has 1 heterocycles. The highest BCUT2D eigenvalue weighted by atomic mass is 19.4. The number of nitrogens with zero attached hydrogens (tertiary/aromatic N) is 3. The first-order valence-corrected chi connectivity index (χ1v) is 5.77. The van der Waals surface area contributed by atoms with Crippen molar-refractivity contribution < 1.29 is 13.2 Å². The maximum Gasteiger partial charge on any atom is 0.417 e. The van der Waals surface area contributed by atoms with Gasteiger partial charge in [-0.3, -0.25) is 0 Å². The Kier molecular flexibility index (Phi) is 4.95. The van der Waals surface area contributed by atoms with Crippen molar-refractivity contribution in [1.29, 1.82) is 0 Å². The summed E-state index contributed by atoms with van der Waals surface area (Å²) in [5.74, 6) is 0.576. The van der Waals surface area contributed by atoms with Crippen molar-refractivity contribution in [3.8, 4) is 0 Å². The van der Waals surface area contributed by atoms with Gasteiger partial charge in [-0.25, -0.2) is 4.98 Å². The second-order valence-corrected chi connectivity index (χ2v) is 4.29. The summed E-state index contributed by atoms with van der Waals surface area (Å²) in [7, 11) is 3.90. The van der Waals surface area contributed by atoms with E-state index in [0.29, 0.717) is 12.4 Å². The maximum absolute atomic E-state index is 12.4. The molecule has 1 rings (SSSR count). The smallest absolute Gasteiger partial charge is 0.356 e. The molecule has 0 amide bonds. The lowest BCUT2D eigenvalue weighted by atomic mass is 10.2. The van der Waals surface area contributed by atoms with E-state index in [-0.39, 0.29) is 0 Å². The molecular formula is C12H18F3N3. The molecule has 0 spiro atoms. The van der Waals surface area contributed by atoms with E-state index in [2.05, 4.69) is 4.98 Å². The number of halogens is 3. The molecule has 0 fully saturated rings. The van der Waals surface area contributed by atoms with Crippen molar-refractivity contribution in [2.45, 2.75) is 13.1 Å². The Hall–Kier alpha value is -1.30. The third-order valence-electron chi connectivity index (χ3n) is 2.60. The van der Waals surface area contributed by atoms with Gasteiger partial charge in [0.2, 0.25) is 0 Å². The van der Waals surface area contributed by atoms with Crippen LogP contribution < -0.4 is 4.90 Å². The second-order valence-electron chi connectivity index (χ2n) is 4.29. The predicted octanol–water partition coefficient (Wildman–Crippen LogP) is 2.49. The van der Waals surface area contributed by atoms with E-state index >= 15 is 0 Å². The molecule has 0 aromatic carbocycles. The Morgan fingerprint density at radius 2 is 1.83 bits per heavy atom. The summed E-state index contributed by atoms with van der Waals surface area (Å²) in [6.07, 6.45) is -3.44. The molecule has 0 radical (unpaired) electrons. The molecule has 0 aliphatic heterocycles. The number of rotatable bonds is 5. The first kappa shape index (κ1) is 14.8. The molecule has 0 unspecified atom stereocenters. The van der Waals surface area contributed by atoms with E-state index in [0.717, 1.165) is 25.4 Å². The molecule has 0 aliphatic rings. The number of anilines is 1. The fourth-order valence-corrected chi connectivity index (χ4v) is 1.50. The minimum Gasteiger partial charge on any atom is -0.356 e. The van der Waals surface area contributed by atoms with E-state index in [4.69, 9.17) is 0 Å². The largest absolute Gasteiger partial charge is 0.417 e. The summed E-state index contributed by atoms with van der Waals surface area (Å²) >= 11 is 0. The van der Waals surface area contributed by atoms with Gasteiger partial charge in [-0.05, 0) is 33.2 Å². The SMILES string of the molecule is CCN(CCN(C)C)c1ccc(C(F)(F)F)cn1. The van der Waals surface area contributed by atoms with Gasteiger partial charge in [-0.1, -0.05) is 0 Å². The highest BCUT2D eigenvalue weighted by molar-refractivity contribution is 5.39. The fourth-order valence-electron chi connectivity index (χ4n) is 1.50. The van der Waals surface area contributed by atoms with Crippen molar-refractivity contribution in [1.82, 2.24) is 9.88 Å². The van der Waals surface area contributed by atoms with Gasteiger partial charge in [0.15, 0.2) is 0 Å². The number of pyridine rings is 1. The van der Waals surface area contributed by atoms with Gasteiger partial charge in [-0.2, -0.15) is 13.2 Å². The van der Waals surface area contributed by atoms with Gasteiger partial charge < -0.3 is 9.80 Å². The van der Waals surface area contributed by atoms with Crippen LogP contribution in [-0.2, 0) is 6.18 Å². The molecule has 18 heavy (non-hydrogen) atoms. The van der Waals surface area contributed by atoms with Crippen LogP contribution in [0.1, 0.15) is 12.5 Å². The standard InChI is InChI=1S/C12H18F3N3/c1-4-18(8-7-17(2)3)11-6-5-10(9-16-11)12(13,14)15/h5-6,9H,4,7-8H2,1-3H3. The lowest BCUT2D eigenvalue weighted by Gasteiger charge is -2.24. The minimum atomic E-state index is -4.33. The molecule has 0 bridgehead atoms. The quantitative estimate of drug-likeness (QED) is 0.811. The normalized spacial score (nSPS) is 11.9. The molecule has 1 aromatic heterocycles. The van der Waals surface area contributed by atoms with Gasteiger partial charge in [-0.15, -0.1) is 0 Å². The van der Waals surface area contributed by atoms with Crippen LogP contribution in [0, 0.1) is 0 Å². The van der Waals surface area contributed by atoms with Crippen molar-refractivity contribution in [3.05, 3.63) is 23.9 Å². The van der Waals surface area contributed by atoms with Crippen molar-refractivity contribution in [2.75, 3.05) is 38.6 Å². The van der Waals surface area contributed by atoms with Gasteiger partial charge in [0.05, 0.1) is 5.56 Å². The van der Waals surface area contributed by atoms with Crippen LogP contribution in [0.3, 0.4) is 0 Å². The van der Waals surface area contributed by atoms with Crippen molar-refractivity contribution in [2.24, 2.45) is 0 Å². The Balaban J connectivity index is 2.76. The van der Waals surface area contributed by atoms with Gasteiger partial charge in [0.1, 0.15) is 5.82 Å². The summed E-state index contributed by atoms with van der Waals surface area (Å²) in [5, 5.41) is 0. The van der Waals surface area contributed by atoms with Gasteiger partial charge in [0, 0.05) is 25.8 Å². The van der Waals surface area contributed by atoms with E-state index in [9.17, 15) is 13.2 Å². The number of aromatic nitrogens is 1. The molecule has 3 nitrogen and oxygen atoms in total. The second kappa shape index (κ2) is 6.04. The number of alkyl halides is 3. The third-order valence-corrected chi connectivity index (χ3v) is 2.60. The molecule has 0 aliphatic carbocycles. The minimum absolute atomic E-state index is 0.576. The summed E-state index contributed by atoms with van der Waals surface area (Å²) in [4.78, 5) is 7.85. The third kappa shape index (κ3) is 4.18. The van der Waals surface area contributed by atoms with Gasteiger partial charge in [0.25, 0.3) is 0 Å². The maximum atomic E-state index is 12.4. The van der Waals surface area contributed by atoms with Crippen LogP contribution in [0.25, 0.3) is 0 Å². The Morgan fingerprint density at radius 1 is 1.17 bits per heavy atom. The molecule has 1 aromatic rings. The number of hydrogen-bond donors (Lipinski definition) is 0. The molecule has 6 heteroatoms. The Labute approximate surface area is 105 Å². The topological polar surface area (TPSA) is 19.4 Å². The van der Waals surface area contributed by atoms with Crippen LogP contribution in [0.5, 0.6) is 0 Å². The van der Waals surface area contributed by atoms with E-state index in [1.807, 2.05) is 30.8 Å². The van der Waals surface area contributed by atoms with Crippen LogP contribution in [0.15, 0.2) is 18.3 Å². The van der Waals surface area contributed by atoms with E-state index in [1.54, 1.807) is 0 Å². The lowest BCUT2D eigenvalue weighted by molar-refractivity contribution is -0.137. The molecular weight excluding hydrogens is 243 g/mol. The highest BCUT2D eigenvalue weighted by Gasteiger charge is 2.30. The predicted molar refractivity (Wildman–Crippen MR) is 65.7 cm³/mol. The summed E-state index contributed by atoms with van der Waals surface area (Å²) < 4.78 is 37.2. The zero-order chi connectivity index (χ0) is 13.8. The van der Waals surface area contributed by atoms with Gasteiger partial charge >= 0.3 is 6.18 Å². The highest BCUT2D eigenvalue weighted by Crippen LogP contribution is 2.29. The fraction of sp³-hybridized carbons (Fsp3) is 0.583. The van der Waals surface area contributed by atoms with E-state index in [1.165, 1.54) is 6.07 Å². The summed E-state index contributed by atoms with van der Waals surface area (Å²) in [6, 6.07) is 2.49. The first-order chi connectivity index (χ1) is 8.34. The zero-order valence-corrected chi connectivity index (χ0v) is 10.8. The van der Waals surface area contributed by atoms with Crippen molar-refractivity contribution in [3.63, 3.8) is 0 Å². The average Bonchev–Trinajstić information content (AvgIpc) is 2.29. The Morgan fingerprint density at radius 3 is 2.22 bits per heavy atom. The Bertz CT molecular complexity index is 360. The van der Waals surface area contributed by atoms with Crippen LogP contribution in [-0.4, -0.2) is 43.6 Å². The molecule has 102 valence electrons. The molecule has 0 saturated carbocycles. The van der Waals surface area contributed by atoms with Crippen LogP contribution in [0.4, 0.5) is 19.0 Å². The molecule has 0 atom stereocenters. The van der Waals surface area contributed by atoms with E-state index < -0.39 is 11.7 Å². The molecule has 0 saturated heterocycles. The number of likely N-dealkylation sites (N-methyl/N-ethyl adjacent to an activating group) is 2. The summed E-state index contributed by atoms with van der Waals surface area (Å²) in [5.41, 5.74) is -0.713. The molecule has 0 N–H and O–H groups in total. The monoisotopic (exact) mass is 261 g/mol. The summed E-state index contributed by atoms with van der Waals surface area (Å²) in [6.45, 7) is 4.24. The van der Waals surface area contributed by atoms with Crippen LogP contribution in [0.2, 0.25) is 0 Å². The number of hydrogen-bond acceptors (Lipinski definition) is 3. The van der Waals surface area contributed by atoms with Crippen LogP contribution >= 0.6 is 0 Å². The van der Waals surface area contributed by atoms with Crippen molar-refractivity contribution >= 4 is 5.82 Å². The first-order valence-electron chi connectivity index (χ1n) is 5.77. The lowest BCUT2D eigenvalue weighted by Crippen LogP contribution is -2.32.